The molecule has 0 aliphatic heterocycles. The second kappa shape index (κ2) is 13.2. The highest BCUT2D eigenvalue weighted by molar-refractivity contribution is 5.92. The third kappa shape index (κ3) is 5.95. The normalized spacial score (nSPS) is 18.2. The first-order chi connectivity index (χ1) is 24.5. The number of allylic oxidation sites excluding steroid dienone is 4. The summed E-state index contributed by atoms with van der Waals surface area (Å²) in [4.78, 5) is 23.8. The van der Waals surface area contributed by atoms with Gasteiger partial charge in [-0.25, -0.2) is 0 Å². The fourth-order valence-corrected chi connectivity index (χ4v) is 5.87. The van der Waals surface area contributed by atoms with E-state index in [1.807, 2.05) is 0 Å². The summed E-state index contributed by atoms with van der Waals surface area (Å²) in [5.41, 5.74) is -15.5. The van der Waals surface area contributed by atoms with Crippen molar-refractivity contribution in [1.82, 2.24) is 0 Å². The van der Waals surface area contributed by atoms with Crippen molar-refractivity contribution in [2.24, 2.45) is 0 Å². The minimum atomic E-state index is -7.74. The highest BCUT2D eigenvalue weighted by atomic mass is 19.4. The number of halogens is 18. The Morgan fingerprint density at radius 3 is 1.54 bits per heavy atom. The van der Waals surface area contributed by atoms with E-state index in [4.69, 9.17) is 0 Å². The van der Waals surface area contributed by atoms with E-state index in [9.17, 15) is 62.3 Å². The summed E-state index contributed by atoms with van der Waals surface area (Å²) in [6.45, 7) is 0. The largest absolute Gasteiger partial charge is 0.460 e. The van der Waals surface area contributed by atoms with Gasteiger partial charge in [0.15, 0.2) is 0 Å². The van der Waals surface area contributed by atoms with E-state index in [1.165, 1.54) is 18.2 Å². The molecule has 0 radical (unpaired) electrons. The quantitative estimate of drug-likeness (QED) is 0.143. The average Bonchev–Trinajstić information content (AvgIpc) is 3.09. The molecule has 0 saturated carbocycles. The van der Waals surface area contributed by atoms with Gasteiger partial charge in [-0.15, -0.1) is 0 Å². The fraction of sp³-hybridized carbons (Fsp3) is 0.294. The molecule has 1 atom stereocenters. The van der Waals surface area contributed by atoms with Gasteiger partial charge in [0.1, 0.15) is 12.6 Å². The van der Waals surface area contributed by atoms with Gasteiger partial charge >= 0.3 is 47.9 Å². The van der Waals surface area contributed by atoms with Crippen molar-refractivity contribution in [3.63, 3.8) is 0 Å². The highest BCUT2D eigenvalue weighted by Gasteiger charge is 2.87. The van der Waals surface area contributed by atoms with Gasteiger partial charge in [-0.05, 0) is 46.4 Å². The van der Waals surface area contributed by atoms with Crippen LogP contribution in [0, 0.1) is 0 Å². The molecule has 0 N–H and O–H groups in total. The van der Waals surface area contributed by atoms with Crippen LogP contribution in [0.25, 0.3) is 16.7 Å². The predicted octanol–water partition coefficient (Wildman–Crippen LogP) is 11.6. The van der Waals surface area contributed by atoms with Gasteiger partial charge in [0.05, 0.1) is 5.41 Å². The van der Waals surface area contributed by atoms with Crippen molar-refractivity contribution in [3.05, 3.63) is 113 Å². The van der Waals surface area contributed by atoms with Crippen LogP contribution in [0.5, 0.6) is 0 Å². The molecule has 0 aromatic heterocycles. The standard InChI is InChI=1S/C34H18F18O2/c35-27(36,29(39,40)31(43,44)33(47,48)49)21-12-13-26(24-14-18(16-53)10-11-20(24)17-54,28(37,38)30(41,42)32(45,46)34(50,51)52)25(15-21)23-9-5-4-8-22(23)19-6-2-1-3-7-19/h1-12,14-17H,13H2. The molecule has 0 saturated heterocycles. The Labute approximate surface area is 290 Å². The van der Waals surface area contributed by atoms with E-state index in [0.29, 0.717) is 18.2 Å². The third-order valence-electron chi connectivity index (χ3n) is 8.68. The molecule has 54 heavy (non-hydrogen) atoms. The Bertz CT molecular complexity index is 1970. The van der Waals surface area contributed by atoms with E-state index in [-0.39, 0.29) is 17.9 Å². The Balaban J connectivity index is 2.30. The van der Waals surface area contributed by atoms with E-state index < -0.39 is 117 Å². The van der Waals surface area contributed by atoms with Crippen LogP contribution in [0.15, 0.2) is 90.5 Å². The summed E-state index contributed by atoms with van der Waals surface area (Å²) in [7, 11) is 0. The van der Waals surface area contributed by atoms with Crippen molar-refractivity contribution in [1.29, 1.82) is 0 Å². The number of rotatable bonds is 11. The summed E-state index contributed by atoms with van der Waals surface area (Å²) in [6, 6.07) is 10.2. The Morgan fingerprint density at radius 2 is 1.04 bits per heavy atom. The topological polar surface area (TPSA) is 34.1 Å². The molecular weight excluding hydrogens is 782 g/mol. The number of carbonyl (C=O) groups excluding carboxylic acids is 2. The lowest BCUT2D eigenvalue weighted by molar-refractivity contribution is -0.402. The number of alkyl halides is 18. The molecule has 1 aliphatic carbocycles. The first-order valence-electron chi connectivity index (χ1n) is 14.6. The summed E-state index contributed by atoms with van der Waals surface area (Å²) < 4.78 is 262. The van der Waals surface area contributed by atoms with Gasteiger partial charge < -0.3 is 0 Å². The van der Waals surface area contributed by atoms with Crippen LogP contribution in [0.2, 0.25) is 0 Å². The minimum Gasteiger partial charge on any atom is -0.298 e. The smallest absolute Gasteiger partial charge is 0.298 e. The Hall–Kier alpha value is -4.78. The van der Waals surface area contributed by atoms with Gasteiger partial charge in [-0.1, -0.05) is 72.8 Å². The van der Waals surface area contributed by atoms with Crippen molar-refractivity contribution >= 4 is 18.1 Å². The second-order valence-electron chi connectivity index (χ2n) is 11.8. The molecule has 20 heteroatoms. The third-order valence-corrected chi connectivity index (χ3v) is 8.68. The molecule has 0 fully saturated rings. The zero-order valence-corrected chi connectivity index (χ0v) is 26.1. The average molecular weight is 800 g/mol. The molecule has 0 heterocycles. The number of carbonyl (C=O) groups is 2. The molecular formula is C34H18F18O2. The number of hydrogen-bond donors (Lipinski definition) is 0. The first-order valence-corrected chi connectivity index (χ1v) is 14.6. The highest BCUT2D eigenvalue weighted by Crippen LogP contribution is 2.66. The zero-order chi connectivity index (χ0) is 41.1. The van der Waals surface area contributed by atoms with E-state index in [2.05, 4.69) is 0 Å². The Kier molecular flexibility index (Phi) is 10.3. The molecule has 0 bridgehead atoms. The van der Waals surface area contributed by atoms with Crippen LogP contribution < -0.4 is 0 Å². The lowest BCUT2D eigenvalue weighted by atomic mass is 9.59. The van der Waals surface area contributed by atoms with Gasteiger partial charge in [0, 0.05) is 16.7 Å². The maximum Gasteiger partial charge on any atom is 0.460 e. The first kappa shape index (κ1) is 42.0. The molecule has 4 rings (SSSR count). The number of aldehydes is 2. The molecule has 3 aromatic carbocycles. The van der Waals surface area contributed by atoms with E-state index in [0.717, 1.165) is 30.3 Å². The van der Waals surface area contributed by atoms with E-state index >= 15 is 26.3 Å². The minimum absolute atomic E-state index is 0.0782. The van der Waals surface area contributed by atoms with Gasteiger partial charge in [0.25, 0.3) is 0 Å². The SMILES string of the molecule is O=Cc1ccc(C=O)c(C2(C(F)(F)C(F)(F)C(F)(F)C(F)(F)F)CC=C(C(F)(F)C(F)(F)C(F)(F)C(F)(F)F)C=C2c2ccccc2-c2ccccc2)c1. The summed E-state index contributed by atoms with van der Waals surface area (Å²) in [6.07, 6.45) is -19.8. The molecule has 0 amide bonds. The maximum absolute atomic E-state index is 16.9. The van der Waals surface area contributed by atoms with E-state index in [1.54, 1.807) is 0 Å². The summed E-state index contributed by atoms with van der Waals surface area (Å²) in [5.74, 6) is -44.4. The molecule has 1 aliphatic rings. The number of benzene rings is 3. The van der Waals surface area contributed by atoms with Gasteiger partial charge in [-0.3, -0.25) is 9.59 Å². The van der Waals surface area contributed by atoms with Crippen molar-refractivity contribution < 1.29 is 88.6 Å². The summed E-state index contributed by atoms with van der Waals surface area (Å²) >= 11 is 0. The van der Waals surface area contributed by atoms with Crippen LogP contribution in [0.1, 0.15) is 38.3 Å². The van der Waals surface area contributed by atoms with Crippen molar-refractivity contribution in [2.45, 2.75) is 59.7 Å². The number of hydrogen-bond acceptors (Lipinski definition) is 2. The summed E-state index contributed by atoms with van der Waals surface area (Å²) in [5, 5.41) is 0. The lowest BCUT2D eigenvalue weighted by Gasteiger charge is -2.49. The molecule has 0 spiro atoms. The van der Waals surface area contributed by atoms with Crippen LogP contribution in [-0.4, -0.2) is 60.5 Å². The van der Waals surface area contributed by atoms with Crippen LogP contribution in [0.4, 0.5) is 79.0 Å². The van der Waals surface area contributed by atoms with Crippen molar-refractivity contribution in [2.75, 3.05) is 0 Å². The molecule has 292 valence electrons. The molecule has 3 aromatic rings. The zero-order valence-electron chi connectivity index (χ0n) is 26.1. The lowest BCUT2D eigenvalue weighted by Crippen LogP contribution is -2.68. The van der Waals surface area contributed by atoms with Crippen LogP contribution >= 0.6 is 0 Å². The molecule has 1 unspecified atom stereocenters. The van der Waals surface area contributed by atoms with Gasteiger partial charge in [0.2, 0.25) is 0 Å². The fourth-order valence-electron chi connectivity index (χ4n) is 5.87. The predicted molar refractivity (Wildman–Crippen MR) is 153 cm³/mol. The second-order valence-corrected chi connectivity index (χ2v) is 11.8. The van der Waals surface area contributed by atoms with Crippen LogP contribution in [-0.2, 0) is 5.41 Å². The van der Waals surface area contributed by atoms with Crippen LogP contribution in [0.3, 0.4) is 0 Å². The Morgan fingerprint density at radius 1 is 0.537 bits per heavy atom. The van der Waals surface area contributed by atoms with Crippen molar-refractivity contribution in [3.8, 4) is 11.1 Å². The maximum atomic E-state index is 16.9. The monoisotopic (exact) mass is 800 g/mol. The van der Waals surface area contributed by atoms with Gasteiger partial charge in [-0.2, -0.15) is 79.0 Å². The molecule has 2 nitrogen and oxygen atoms in total.